The molecule has 2 unspecified atom stereocenters. The predicted octanol–water partition coefficient (Wildman–Crippen LogP) is 2.27. The lowest BCUT2D eigenvalue weighted by Gasteiger charge is -2.33. The van der Waals surface area contributed by atoms with Crippen LogP contribution in [0, 0.1) is 0 Å². The average Bonchev–Trinajstić information content (AvgIpc) is 2.22. The van der Waals surface area contributed by atoms with Gasteiger partial charge in [-0.3, -0.25) is 0 Å². The topological polar surface area (TPSA) is 30.5 Å². The largest absolute Gasteiger partial charge is 0.398 e. The predicted molar refractivity (Wildman–Crippen MR) is 65.3 cm³/mol. The molecule has 0 aromatic rings. The maximum Gasteiger partial charge on any atom is 0.334 e. The Hall–Kier alpha value is 0.0969. The van der Waals surface area contributed by atoms with Gasteiger partial charge in [0.15, 0.2) is 0 Å². The van der Waals surface area contributed by atoms with Crippen molar-refractivity contribution in [1.82, 2.24) is 5.32 Å². The van der Waals surface area contributed by atoms with E-state index in [0.717, 1.165) is 25.6 Å². The molecule has 0 aromatic carbocycles. The van der Waals surface area contributed by atoms with Crippen molar-refractivity contribution in [2.45, 2.75) is 51.3 Å². The fourth-order valence-electron chi connectivity index (χ4n) is 1.99. The molecule has 15 heavy (non-hydrogen) atoms. The molecule has 0 saturated carbocycles. The van der Waals surface area contributed by atoms with Crippen molar-refractivity contribution in [1.29, 1.82) is 0 Å². The molecular weight excluding hydrogens is 206 g/mol. The van der Waals surface area contributed by atoms with Crippen molar-refractivity contribution in [3.63, 3.8) is 0 Å². The molecule has 1 fully saturated rings. The van der Waals surface area contributed by atoms with Crippen LogP contribution in [0.3, 0.4) is 0 Å². The van der Waals surface area contributed by atoms with Crippen LogP contribution < -0.4 is 5.32 Å². The van der Waals surface area contributed by atoms with E-state index < -0.39 is 8.56 Å². The molecule has 1 saturated heterocycles. The highest BCUT2D eigenvalue weighted by atomic mass is 28.4. The summed E-state index contributed by atoms with van der Waals surface area (Å²) < 4.78 is 11.8. The molecule has 1 aliphatic heterocycles. The summed E-state index contributed by atoms with van der Waals surface area (Å²) in [5, 5.41) is 3.45. The minimum absolute atomic E-state index is 0.363. The van der Waals surface area contributed by atoms with E-state index in [2.05, 4.69) is 18.8 Å². The summed E-state index contributed by atoms with van der Waals surface area (Å²) in [5.41, 5.74) is 0. The number of unbranched alkanes of at least 4 members (excludes halogenated alkanes) is 1. The van der Waals surface area contributed by atoms with Crippen molar-refractivity contribution in [3.05, 3.63) is 0 Å². The molecule has 0 radical (unpaired) electrons. The highest BCUT2D eigenvalue weighted by Gasteiger charge is 2.33. The van der Waals surface area contributed by atoms with Crippen molar-refractivity contribution in [2.75, 3.05) is 20.2 Å². The lowest BCUT2D eigenvalue weighted by atomic mass is 10.1. The summed E-state index contributed by atoms with van der Waals surface area (Å²) in [4.78, 5) is 0. The zero-order valence-corrected chi connectivity index (χ0v) is 11.3. The molecule has 4 heteroatoms. The maximum absolute atomic E-state index is 6.18. The van der Waals surface area contributed by atoms with Gasteiger partial charge in [-0.05, 0) is 32.0 Å². The number of hydrogen-bond acceptors (Lipinski definition) is 3. The van der Waals surface area contributed by atoms with Crippen LogP contribution in [0.5, 0.6) is 0 Å². The first-order chi connectivity index (χ1) is 7.20. The van der Waals surface area contributed by atoms with Gasteiger partial charge in [0.05, 0.1) is 6.10 Å². The zero-order valence-electron chi connectivity index (χ0n) is 10.3. The number of hydrogen-bond donors (Lipinski definition) is 1. The van der Waals surface area contributed by atoms with Crippen LogP contribution >= 0.6 is 0 Å². The van der Waals surface area contributed by atoms with E-state index in [1.54, 1.807) is 7.11 Å². The van der Waals surface area contributed by atoms with Gasteiger partial charge in [0.2, 0.25) is 0 Å². The third kappa shape index (κ3) is 4.63. The average molecular weight is 231 g/mol. The van der Waals surface area contributed by atoms with Gasteiger partial charge in [0, 0.05) is 13.7 Å². The van der Waals surface area contributed by atoms with E-state index >= 15 is 0 Å². The van der Waals surface area contributed by atoms with Gasteiger partial charge in [-0.2, -0.15) is 0 Å². The van der Waals surface area contributed by atoms with Crippen LogP contribution in [0.2, 0.25) is 12.6 Å². The van der Waals surface area contributed by atoms with Gasteiger partial charge in [-0.15, -0.1) is 0 Å². The highest BCUT2D eigenvalue weighted by molar-refractivity contribution is 6.66. The van der Waals surface area contributed by atoms with E-state index in [4.69, 9.17) is 8.85 Å². The van der Waals surface area contributed by atoms with E-state index in [1.807, 2.05) is 0 Å². The molecule has 0 bridgehead atoms. The smallest absolute Gasteiger partial charge is 0.334 e. The molecule has 0 spiro atoms. The van der Waals surface area contributed by atoms with Crippen LogP contribution in [-0.2, 0) is 8.85 Å². The monoisotopic (exact) mass is 231 g/mol. The summed E-state index contributed by atoms with van der Waals surface area (Å²) in [7, 11) is -0.0425. The quantitative estimate of drug-likeness (QED) is 0.753. The molecule has 0 amide bonds. The highest BCUT2D eigenvalue weighted by Crippen LogP contribution is 2.20. The van der Waals surface area contributed by atoms with Crippen LogP contribution in [0.4, 0.5) is 0 Å². The van der Waals surface area contributed by atoms with Crippen LogP contribution in [0.25, 0.3) is 0 Å². The molecule has 1 heterocycles. The minimum atomic E-state index is -1.85. The third-order valence-corrected chi connectivity index (χ3v) is 6.04. The molecule has 2 atom stereocenters. The molecule has 0 aliphatic carbocycles. The molecule has 1 rings (SSSR count). The third-order valence-electron chi connectivity index (χ3n) is 3.08. The number of nitrogens with one attached hydrogen (secondary N) is 1. The van der Waals surface area contributed by atoms with Crippen LogP contribution in [0.15, 0.2) is 0 Å². The number of rotatable bonds is 4. The normalized spacial score (nSPS) is 33.4. The summed E-state index contributed by atoms with van der Waals surface area (Å²) in [6.45, 7) is 6.52. The van der Waals surface area contributed by atoms with E-state index in [-0.39, 0.29) is 0 Å². The Morgan fingerprint density at radius 3 is 3.00 bits per heavy atom. The van der Waals surface area contributed by atoms with Crippen molar-refractivity contribution < 1.29 is 8.85 Å². The Balaban J connectivity index is 2.46. The Bertz CT molecular complexity index is 178. The first-order valence-electron chi connectivity index (χ1n) is 6.14. The fourth-order valence-corrected chi connectivity index (χ4v) is 4.14. The SMILES string of the molecule is CCCCC1CNCCC[Si](C)(OC)O1. The fraction of sp³-hybridized carbons (Fsp3) is 1.00. The van der Waals surface area contributed by atoms with Crippen molar-refractivity contribution >= 4 is 8.56 Å². The van der Waals surface area contributed by atoms with Crippen molar-refractivity contribution in [3.8, 4) is 0 Å². The van der Waals surface area contributed by atoms with Gasteiger partial charge in [0.25, 0.3) is 0 Å². The molecule has 3 nitrogen and oxygen atoms in total. The maximum atomic E-state index is 6.18. The standard InChI is InChI=1S/C11H25NO2Si/c1-4-5-7-11-10-12-8-6-9-15(3,13-2)14-11/h11-12H,4-10H2,1-3H3. The molecular formula is C11H25NO2Si. The second kappa shape index (κ2) is 6.63. The molecule has 90 valence electrons. The summed E-state index contributed by atoms with van der Waals surface area (Å²) in [5.74, 6) is 0. The van der Waals surface area contributed by atoms with Crippen LogP contribution in [0.1, 0.15) is 32.6 Å². The van der Waals surface area contributed by atoms with Gasteiger partial charge in [-0.1, -0.05) is 19.8 Å². The van der Waals surface area contributed by atoms with Gasteiger partial charge >= 0.3 is 8.56 Å². The Morgan fingerprint density at radius 2 is 2.33 bits per heavy atom. The molecule has 1 aliphatic rings. The molecule has 0 aromatic heterocycles. The van der Waals surface area contributed by atoms with E-state index in [0.29, 0.717) is 6.10 Å². The van der Waals surface area contributed by atoms with Gasteiger partial charge in [-0.25, -0.2) is 0 Å². The lowest BCUT2D eigenvalue weighted by molar-refractivity contribution is 0.116. The molecule has 1 N–H and O–H groups in total. The lowest BCUT2D eigenvalue weighted by Crippen LogP contribution is -2.47. The summed E-state index contributed by atoms with van der Waals surface area (Å²) >= 11 is 0. The first-order valence-corrected chi connectivity index (χ1v) is 8.66. The first kappa shape index (κ1) is 13.2. The van der Waals surface area contributed by atoms with Crippen LogP contribution in [-0.4, -0.2) is 34.9 Å². The summed E-state index contributed by atoms with van der Waals surface area (Å²) in [6.07, 6.45) is 5.19. The van der Waals surface area contributed by atoms with Crippen molar-refractivity contribution in [2.24, 2.45) is 0 Å². The van der Waals surface area contributed by atoms with E-state index in [9.17, 15) is 0 Å². The summed E-state index contributed by atoms with van der Waals surface area (Å²) in [6, 6.07) is 1.11. The minimum Gasteiger partial charge on any atom is -0.398 e. The Labute approximate surface area is 94.8 Å². The van der Waals surface area contributed by atoms with E-state index in [1.165, 1.54) is 19.3 Å². The second-order valence-electron chi connectivity index (χ2n) is 4.53. The zero-order chi connectivity index (χ0) is 11.1. The second-order valence-corrected chi connectivity index (χ2v) is 7.94. The van der Waals surface area contributed by atoms with Gasteiger partial charge < -0.3 is 14.2 Å². The Kier molecular flexibility index (Phi) is 5.82. The Morgan fingerprint density at radius 1 is 1.53 bits per heavy atom. The van der Waals surface area contributed by atoms with Gasteiger partial charge in [0.1, 0.15) is 0 Å².